The summed E-state index contributed by atoms with van der Waals surface area (Å²) in [5.74, 6) is -0.432. The van der Waals surface area contributed by atoms with E-state index < -0.39 is 11.2 Å². The molecular formula is C28H25FN2O4S. The summed E-state index contributed by atoms with van der Waals surface area (Å²) in [6.45, 7) is 1.91. The summed E-state index contributed by atoms with van der Waals surface area (Å²) in [7, 11) is 1.46. The van der Waals surface area contributed by atoms with Crippen LogP contribution in [0.2, 0.25) is 0 Å². The lowest BCUT2D eigenvalue weighted by atomic mass is 10.0. The molecule has 0 radical (unpaired) electrons. The van der Waals surface area contributed by atoms with Crippen LogP contribution in [0.15, 0.2) is 76.2 Å². The third-order valence-electron chi connectivity index (χ3n) is 5.92. The molecule has 3 aromatic carbocycles. The highest BCUT2D eigenvalue weighted by molar-refractivity contribution is 7.90. The van der Waals surface area contributed by atoms with E-state index in [-0.39, 0.29) is 23.9 Å². The first-order chi connectivity index (χ1) is 17.3. The molecule has 0 saturated heterocycles. The standard InChI is InChI=1S/C28H25FN2O4S/c1-17-23(12-18-4-8-21(9-5-18)36(3)34)22-10-7-20(29)14-25(22)24(17)15-28(33)31-30-16-19-6-11-27(35-2)26(32)13-19/h4-14,16,32H,15H2,1-3H3,(H,31,33)/b23-12-,30-16?. The third-order valence-corrected chi connectivity index (χ3v) is 6.86. The van der Waals surface area contributed by atoms with Gasteiger partial charge in [-0.05, 0) is 118 Å². The minimum Gasteiger partial charge on any atom is -0.612 e. The van der Waals surface area contributed by atoms with Crippen molar-refractivity contribution in [1.82, 2.24) is 5.43 Å². The average molecular weight is 505 g/mol. The summed E-state index contributed by atoms with van der Waals surface area (Å²) < 4.78 is 30.8. The fourth-order valence-corrected chi connectivity index (χ4v) is 4.59. The molecule has 1 atom stereocenters. The lowest BCUT2D eigenvalue weighted by Gasteiger charge is -2.06. The Balaban J connectivity index is 1.56. The van der Waals surface area contributed by atoms with Crippen LogP contribution in [0, 0.1) is 5.82 Å². The smallest absolute Gasteiger partial charge is 0.244 e. The highest BCUT2D eigenvalue weighted by atomic mass is 32.2. The van der Waals surface area contributed by atoms with Crippen LogP contribution in [-0.2, 0) is 16.0 Å². The van der Waals surface area contributed by atoms with Gasteiger partial charge in [0.2, 0.25) is 5.91 Å². The highest BCUT2D eigenvalue weighted by Gasteiger charge is 2.25. The molecule has 0 aliphatic heterocycles. The second kappa shape index (κ2) is 10.8. The molecule has 1 unspecified atom stereocenters. The number of benzene rings is 3. The summed E-state index contributed by atoms with van der Waals surface area (Å²) in [4.78, 5) is 13.4. The molecule has 0 fully saturated rings. The zero-order chi connectivity index (χ0) is 25.8. The molecule has 0 spiro atoms. The molecule has 0 saturated carbocycles. The van der Waals surface area contributed by atoms with Gasteiger partial charge in [0, 0.05) is 0 Å². The molecule has 1 aliphatic rings. The fourth-order valence-electron chi connectivity index (χ4n) is 4.07. The normalized spacial score (nSPS) is 14.9. The number of carbonyl (C=O) groups is 1. The molecule has 0 bridgehead atoms. The van der Waals surface area contributed by atoms with Crippen molar-refractivity contribution >= 4 is 40.5 Å². The Morgan fingerprint density at radius 2 is 1.83 bits per heavy atom. The Labute approximate surface area is 212 Å². The first-order valence-electron chi connectivity index (χ1n) is 11.1. The topological polar surface area (TPSA) is 94.0 Å². The predicted octanol–water partition coefficient (Wildman–Crippen LogP) is 5.15. The number of nitrogens with one attached hydrogen (secondary N) is 1. The fraction of sp³-hybridized carbons (Fsp3) is 0.143. The Kier molecular flexibility index (Phi) is 7.57. The number of carbonyl (C=O) groups excluding carboxylic acids is 1. The van der Waals surface area contributed by atoms with Crippen molar-refractivity contribution in [1.29, 1.82) is 0 Å². The molecule has 36 heavy (non-hydrogen) atoms. The highest BCUT2D eigenvalue weighted by Crippen LogP contribution is 2.43. The molecule has 2 N–H and O–H groups in total. The van der Waals surface area contributed by atoms with Crippen molar-refractivity contribution in [3.8, 4) is 11.5 Å². The summed E-state index contributed by atoms with van der Waals surface area (Å²) in [6.07, 6.45) is 5.04. The molecule has 3 aromatic rings. The van der Waals surface area contributed by atoms with Crippen molar-refractivity contribution in [3.05, 3.63) is 94.3 Å². The number of hydrogen-bond acceptors (Lipinski definition) is 5. The zero-order valence-electron chi connectivity index (χ0n) is 20.0. The number of amides is 1. The lowest BCUT2D eigenvalue weighted by Crippen LogP contribution is -2.17. The molecule has 4 rings (SSSR count). The number of phenolic OH excluding ortho intramolecular Hbond substituents is 1. The number of aromatic hydroxyl groups is 1. The third kappa shape index (κ3) is 5.50. The Bertz CT molecular complexity index is 1400. The predicted molar refractivity (Wildman–Crippen MR) is 141 cm³/mol. The van der Waals surface area contributed by atoms with Gasteiger partial charge >= 0.3 is 0 Å². The van der Waals surface area contributed by atoms with Crippen molar-refractivity contribution in [3.63, 3.8) is 0 Å². The van der Waals surface area contributed by atoms with Gasteiger partial charge in [0.1, 0.15) is 12.1 Å². The van der Waals surface area contributed by atoms with Crippen LogP contribution < -0.4 is 10.2 Å². The Hall–Kier alpha value is -3.88. The van der Waals surface area contributed by atoms with E-state index in [1.165, 1.54) is 31.5 Å². The van der Waals surface area contributed by atoms with E-state index in [9.17, 15) is 18.8 Å². The molecule has 0 heterocycles. The second-order valence-corrected chi connectivity index (χ2v) is 9.66. The van der Waals surface area contributed by atoms with E-state index in [0.717, 1.165) is 32.7 Å². The number of hydrogen-bond donors (Lipinski definition) is 2. The molecule has 184 valence electrons. The molecule has 1 amide bonds. The Morgan fingerprint density at radius 1 is 1.11 bits per heavy atom. The van der Waals surface area contributed by atoms with Gasteiger partial charge in [-0.1, -0.05) is 6.07 Å². The van der Waals surface area contributed by atoms with Gasteiger partial charge in [-0.3, -0.25) is 4.79 Å². The monoisotopic (exact) mass is 504 g/mol. The number of hydrazone groups is 1. The number of nitrogens with zero attached hydrogens (tertiary/aromatic N) is 1. The van der Waals surface area contributed by atoms with Crippen LogP contribution in [-0.4, -0.2) is 35.1 Å². The van der Waals surface area contributed by atoms with Crippen molar-refractivity contribution in [2.45, 2.75) is 18.2 Å². The number of phenols is 1. The number of halogens is 1. The van der Waals surface area contributed by atoms with Gasteiger partial charge < -0.3 is 14.4 Å². The van der Waals surface area contributed by atoms with Crippen molar-refractivity contribution < 1.29 is 23.6 Å². The van der Waals surface area contributed by atoms with E-state index >= 15 is 0 Å². The zero-order valence-corrected chi connectivity index (χ0v) is 20.9. The maximum atomic E-state index is 14.1. The number of methoxy groups -OCH3 is 1. The average Bonchev–Trinajstić information content (AvgIpc) is 3.09. The van der Waals surface area contributed by atoms with Crippen LogP contribution in [0.4, 0.5) is 4.39 Å². The van der Waals surface area contributed by atoms with Crippen LogP contribution in [0.1, 0.15) is 35.6 Å². The first-order valence-corrected chi connectivity index (χ1v) is 12.7. The van der Waals surface area contributed by atoms with Crippen molar-refractivity contribution in [2.24, 2.45) is 5.10 Å². The minimum atomic E-state index is -1.06. The van der Waals surface area contributed by atoms with E-state index in [1.807, 2.05) is 37.3 Å². The maximum absolute atomic E-state index is 14.1. The van der Waals surface area contributed by atoms with Gasteiger partial charge in [-0.25, -0.2) is 9.82 Å². The van der Waals surface area contributed by atoms with Crippen LogP contribution in [0.3, 0.4) is 0 Å². The second-order valence-electron chi connectivity index (χ2n) is 8.28. The van der Waals surface area contributed by atoms with Gasteiger partial charge in [0.25, 0.3) is 0 Å². The SMILES string of the molecule is COc1ccc(C=NNC(=O)CC2=C(C)/C(=C/c3ccc([S+](C)[O-])cc3)c3ccc(F)cc32)cc1O. The van der Waals surface area contributed by atoms with Crippen LogP contribution in [0.5, 0.6) is 11.5 Å². The van der Waals surface area contributed by atoms with Crippen LogP contribution >= 0.6 is 0 Å². The largest absolute Gasteiger partial charge is 0.612 e. The quantitative estimate of drug-likeness (QED) is 0.265. The number of allylic oxidation sites excluding steroid dienone is 2. The lowest BCUT2D eigenvalue weighted by molar-refractivity contribution is -0.120. The van der Waals surface area contributed by atoms with E-state index in [1.54, 1.807) is 24.5 Å². The molecule has 8 heteroatoms. The number of ether oxygens (including phenoxy) is 1. The van der Waals surface area contributed by atoms with Gasteiger partial charge in [0.15, 0.2) is 16.4 Å². The summed E-state index contributed by atoms with van der Waals surface area (Å²) in [5.41, 5.74) is 7.99. The number of rotatable bonds is 7. The molecular weight excluding hydrogens is 479 g/mol. The van der Waals surface area contributed by atoms with Gasteiger partial charge in [0.05, 0.1) is 19.7 Å². The summed E-state index contributed by atoms with van der Waals surface area (Å²) in [6, 6.07) is 16.7. The van der Waals surface area contributed by atoms with E-state index in [2.05, 4.69) is 10.5 Å². The Morgan fingerprint density at radius 3 is 2.50 bits per heavy atom. The summed E-state index contributed by atoms with van der Waals surface area (Å²) >= 11 is -1.06. The minimum absolute atomic E-state index is 0.0125. The maximum Gasteiger partial charge on any atom is 0.244 e. The number of fused-ring (bicyclic) bond motifs is 1. The van der Waals surface area contributed by atoms with Crippen molar-refractivity contribution in [2.75, 3.05) is 13.4 Å². The molecule has 6 nitrogen and oxygen atoms in total. The molecule has 0 aromatic heterocycles. The van der Waals surface area contributed by atoms with Gasteiger partial charge in [-0.15, -0.1) is 0 Å². The van der Waals surface area contributed by atoms with E-state index in [4.69, 9.17) is 4.74 Å². The van der Waals surface area contributed by atoms with Gasteiger partial charge in [-0.2, -0.15) is 5.10 Å². The van der Waals surface area contributed by atoms with Crippen LogP contribution in [0.25, 0.3) is 17.2 Å². The first kappa shape index (κ1) is 25.2. The molecule has 1 aliphatic carbocycles. The summed E-state index contributed by atoms with van der Waals surface area (Å²) in [5, 5.41) is 13.8. The van der Waals surface area contributed by atoms with E-state index in [0.29, 0.717) is 16.9 Å².